The number of ether oxygens (including phenoxy) is 1. The highest BCUT2D eigenvalue weighted by molar-refractivity contribution is 5.89. The van der Waals surface area contributed by atoms with Crippen LogP contribution < -0.4 is 10.6 Å². The van der Waals surface area contributed by atoms with Crippen LogP contribution in [0.1, 0.15) is 16.7 Å². The van der Waals surface area contributed by atoms with Crippen molar-refractivity contribution in [1.29, 1.82) is 5.26 Å². The van der Waals surface area contributed by atoms with Gasteiger partial charge in [-0.25, -0.2) is 4.79 Å². The van der Waals surface area contributed by atoms with E-state index in [4.69, 9.17) is 10.00 Å². The van der Waals surface area contributed by atoms with E-state index in [2.05, 4.69) is 28.8 Å². The van der Waals surface area contributed by atoms with Gasteiger partial charge in [-0.15, -0.1) is 0 Å². The summed E-state index contributed by atoms with van der Waals surface area (Å²) in [5.41, 5.74) is 4.05. The fourth-order valence-corrected chi connectivity index (χ4v) is 2.77. The number of benzene rings is 2. The van der Waals surface area contributed by atoms with Crippen molar-refractivity contribution in [1.82, 2.24) is 5.32 Å². The van der Waals surface area contributed by atoms with Crippen molar-refractivity contribution < 1.29 is 9.53 Å². The molecule has 2 aromatic rings. The molecule has 1 aliphatic heterocycles. The van der Waals surface area contributed by atoms with Crippen molar-refractivity contribution in [2.24, 2.45) is 0 Å². The maximum atomic E-state index is 12.0. The number of rotatable bonds is 4. The van der Waals surface area contributed by atoms with Crippen molar-refractivity contribution >= 4 is 11.7 Å². The van der Waals surface area contributed by atoms with E-state index in [0.29, 0.717) is 25.3 Å². The molecule has 1 aliphatic rings. The number of nitriles is 1. The first-order valence-electron chi connectivity index (χ1n) is 7.94. The molecule has 5 nitrogen and oxygen atoms in total. The Bertz CT molecular complexity index is 767. The van der Waals surface area contributed by atoms with Gasteiger partial charge in [-0.3, -0.25) is 0 Å². The van der Waals surface area contributed by atoms with Gasteiger partial charge >= 0.3 is 6.03 Å². The summed E-state index contributed by atoms with van der Waals surface area (Å²) in [6.07, 6.45) is 1.11. The summed E-state index contributed by atoms with van der Waals surface area (Å²) in [5, 5.41) is 14.4. The first-order valence-corrected chi connectivity index (χ1v) is 7.94. The van der Waals surface area contributed by atoms with Gasteiger partial charge in [0.1, 0.15) is 0 Å². The predicted molar refractivity (Wildman–Crippen MR) is 91.5 cm³/mol. The average Bonchev–Trinajstić information content (AvgIpc) is 2.60. The Hall–Kier alpha value is -2.84. The first-order chi connectivity index (χ1) is 11.7. The zero-order chi connectivity index (χ0) is 16.8. The minimum atomic E-state index is -0.272. The second-order valence-electron chi connectivity index (χ2n) is 5.78. The molecule has 0 saturated carbocycles. The van der Waals surface area contributed by atoms with Crippen molar-refractivity contribution in [3.63, 3.8) is 0 Å². The molecule has 2 aromatic carbocycles. The molecule has 3 rings (SSSR count). The third-order valence-electron chi connectivity index (χ3n) is 4.00. The largest absolute Gasteiger partial charge is 0.371 e. The topological polar surface area (TPSA) is 74.2 Å². The molecule has 24 heavy (non-hydrogen) atoms. The van der Waals surface area contributed by atoms with E-state index < -0.39 is 0 Å². The lowest BCUT2D eigenvalue weighted by Crippen LogP contribution is -2.38. The Kier molecular flexibility index (Phi) is 5.09. The maximum absolute atomic E-state index is 12.0. The fraction of sp³-hybridized carbons (Fsp3) is 0.263. The smallest absolute Gasteiger partial charge is 0.319 e. The van der Waals surface area contributed by atoms with E-state index >= 15 is 0 Å². The molecule has 2 N–H and O–H groups in total. The summed E-state index contributed by atoms with van der Waals surface area (Å²) >= 11 is 0. The Morgan fingerprint density at radius 3 is 2.88 bits per heavy atom. The van der Waals surface area contributed by atoms with E-state index in [0.717, 1.165) is 12.0 Å². The van der Waals surface area contributed by atoms with E-state index in [1.807, 2.05) is 24.3 Å². The quantitative estimate of drug-likeness (QED) is 0.909. The number of nitrogens with zero attached hydrogens (tertiary/aromatic N) is 1. The summed E-state index contributed by atoms with van der Waals surface area (Å²) in [4.78, 5) is 12.0. The standard InChI is InChI=1S/C19H19N3O2/c20-9-8-14-4-3-7-17(10-14)22-19(23)21-12-18-11-15-5-1-2-6-16(15)13-24-18/h1-7,10,18H,8,11-13H2,(H2,21,22,23)/t18-/m0/s1. The Labute approximate surface area is 141 Å². The van der Waals surface area contributed by atoms with E-state index in [1.54, 1.807) is 12.1 Å². The van der Waals surface area contributed by atoms with Gasteiger partial charge in [0.25, 0.3) is 0 Å². The highest BCUT2D eigenvalue weighted by atomic mass is 16.5. The van der Waals surface area contributed by atoms with Crippen LogP contribution in [0.4, 0.5) is 10.5 Å². The Balaban J connectivity index is 1.50. The number of carbonyl (C=O) groups is 1. The summed E-state index contributed by atoms with van der Waals surface area (Å²) in [5.74, 6) is 0. The molecule has 0 unspecified atom stereocenters. The second kappa shape index (κ2) is 7.62. The molecule has 0 aromatic heterocycles. The van der Waals surface area contributed by atoms with Gasteiger partial charge in [-0.05, 0) is 28.8 Å². The third kappa shape index (κ3) is 4.12. The van der Waals surface area contributed by atoms with Gasteiger partial charge in [-0.1, -0.05) is 36.4 Å². The van der Waals surface area contributed by atoms with Crippen LogP contribution in [-0.2, 0) is 24.2 Å². The molecule has 2 amide bonds. The van der Waals surface area contributed by atoms with Crippen molar-refractivity contribution in [3.05, 3.63) is 65.2 Å². The lowest BCUT2D eigenvalue weighted by Gasteiger charge is -2.25. The Morgan fingerprint density at radius 2 is 2.04 bits per heavy atom. The van der Waals surface area contributed by atoms with Crippen LogP contribution in [0.15, 0.2) is 48.5 Å². The lowest BCUT2D eigenvalue weighted by molar-refractivity contribution is 0.0308. The van der Waals surface area contributed by atoms with Gasteiger partial charge < -0.3 is 15.4 Å². The van der Waals surface area contributed by atoms with Crippen molar-refractivity contribution in [2.45, 2.75) is 25.6 Å². The highest BCUT2D eigenvalue weighted by Gasteiger charge is 2.19. The van der Waals surface area contributed by atoms with Crippen LogP contribution in [0.2, 0.25) is 0 Å². The van der Waals surface area contributed by atoms with Gasteiger partial charge in [0, 0.05) is 18.7 Å². The molecule has 0 fully saturated rings. The number of hydrogen-bond donors (Lipinski definition) is 2. The number of nitrogens with one attached hydrogen (secondary N) is 2. The molecule has 0 saturated heterocycles. The number of urea groups is 1. The average molecular weight is 321 g/mol. The summed E-state index contributed by atoms with van der Waals surface area (Å²) in [6, 6.07) is 17.3. The van der Waals surface area contributed by atoms with Crippen molar-refractivity contribution in [3.8, 4) is 6.07 Å². The number of fused-ring (bicyclic) bond motifs is 1. The monoisotopic (exact) mass is 321 g/mol. The summed E-state index contributed by atoms with van der Waals surface area (Å²) in [6.45, 7) is 1.04. The predicted octanol–water partition coefficient (Wildman–Crippen LogP) is 3.02. The number of amides is 2. The molecule has 5 heteroatoms. The molecule has 0 bridgehead atoms. The molecule has 0 radical (unpaired) electrons. The van der Waals surface area contributed by atoms with Crippen LogP contribution in [0.3, 0.4) is 0 Å². The third-order valence-corrected chi connectivity index (χ3v) is 4.00. The van der Waals surface area contributed by atoms with E-state index in [1.165, 1.54) is 11.1 Å². The molecule has 1 heterocycles. The fourth-order valence-electron chi connectivity index (χ4n) is 2.77. The second-order valence-corrected chi connectivity index (χ2v) is 5.78. The van der Waals surface area contributed by atoms with Gasteiger partial charge in [0.2, 0.25) is 0 Å². The molecule has 0 aliphatic carbocycles. The van der Waals surface area contributed by atoms with Gasteiger partial charge in [-0.2, -0.15) is 5.26 Å². The SMILES string of the molecule is N#CCc1cccc(NC(=O)NC[C@@H]2Cc3ccccc3CO2)c1. The minimum Gasteiger partial charge on any atom is -0.371 e. The van der Waals surface area contributed by atoms with Gasteiger partial charge in [0.15, 0.2) is 0 Å². The summed E-state index contributed by atoms with van der Waals surface area (Å²) in [7, 11) is 0. The normalized spacial score (nSPS) is 15.9. The molecular weight excluding hydrogens is 302 g/mol. The minimum absolute atomic E-state index is 0.0180. The Morgan fingerprint density at radius 1 is 1.21 bits per heavy atom. The van der Waals surface area contributed by atoms with E-state index in [-0.39, 0.29) is 12.1 Å². The molecular formula is C19H19N3O2. The molecule has 0 spiro atoms. The van der Waals surface area contributed by atoms with Crippen LogP contribution in [-0.4, -0.2) is 18.7 Å². The summed E-state index contributed by atoms with van der Waals surface area (Å²) < 4.78 is 5.78. The molecule has 1 atom stereocenters. The molecule has 122 valence electrons. The van der Waals surface area contributed by atoms with E-state index in [9.17, 15) is 4.79 Å². The zero-order valence-electron chi connectivity index (χ0n) is 13.3. The van der Waals surface area contributed by atoms with Gasteiger partial charge in [0.05, 0.1) is 25.2 Å². The first kappa shape index (κ1) is 16.0. The zero-order valence-corrected chi connectivity index (χ0v) is 13.3. The maximum Gasteiger partial charge on any atom is 0.319 e. The number of carbonyl (C=O) groups excluding carboxylic acids is 1. The van der Waals surface area contributed by atoms with Crippen LogP contribution in [0.25, 0.3) is 0 Å². The number of anilines is 1. The van der Waals surface area contributed by atoms with Crippen molar-refractivity contribution in [2.75, 3.05) is 11.9 Å². The lowest BCUT2D eigenvalue weighted by atomic mass is 9.99. The van der Waals surface area contributed by atoms with Crippen LogP contribution in [0.5, 0.6) is 0 Å². The highest BCUT2D eigenvalue weighted by Crippen LogP contribution is 2.19. The van der Waals surface area contributed by atoms with Crippen LogP contribution >= 0.6 is 0 Å². The number of hydrogen-bond acceptors (Lipinski definition) is 3. The van der Waals surface area contributed by atoms with Crippen LogP contribution in [0, 0.1) is 11.3 Å².